The molecule has 6 rings (SSSR count). The molecule has 186 valence electrons. The van der Waals surface area contributed by atoms with Gasteiger partial charge in [0.15, 0.2) is 11.3 Å². The number of carbonyl (C=O) groups excluding carboxylic acids is 1. The van der Waals surface area contributed by atoms with Crippen molar-refractivity contribution in [1.29, 1.82) is 0 Å². The first-order valence-electron chi connectivity index (χ1n) is 12.6. The maximum absolute atomic E-state index is 12.3. The number of aromatic nitrogens is 3. The number of piperidine rings is 1. The minimum absolute atomic E-state index is 0.0864. The first-order chi connectivity index (χ1) is 18.0. The Balaban J connectivity index is 1.48. The molecule has 1 amide bonds. The van der Waals surface area contributed by atoms with Crippen molar-refractivity contribution in [2.75, 3.05) is 38.7 Å². The van der Waals surface area contributed by atoms with Gasteiger partial charge in [0.2, 0.25) is 5.91 Å². The average molecular weight is 493 g/mol. The van der Waals surface area contributed by atoms with E-state index in [0.717, 1.165) is 58.8 Å². The zero-order chi connectivity index (χ0) is 25.5. The van der Waals surface area contributed by atoms with Crippen LogP contribution in [0.2, 0.25) is 0 Å². The Labute approximate surface area is 216 Å². The number of likely N-dealkylation sites (N-methyl/N-ethyl adjacent to an activating group) is 1. The highest BCUT2D eigenvalue weighted by Gasteiger charge is 2.26. The van der Waals surface area contributed by atoms with Crippen LogP contribution in [0.25, 0.3) is 32.9 Å². The van der Waals surface area contributed by atoms with Crippen molar-refractivity contribution in [3.05, 3.63) is 71.8 Å². The second-order valence-electron chi connectivity index (χ2n) is 9.95. The van der Waals surface area contributed by atoms with Gasteiger partial charge in [-0.25, -0.2) is 9.83 Å². The van der Waals surface area contributed by atoms with E-state index in [0.29, 0.717) is 30.6 Å². The fourth-order valence-corrected chi connectivity index (χ4v) is 5.45. The molecule has 1 fully saturated rings. The number of imidazole rings is 1. The first kappa shape index (κ1) is 23.2. The fraction of sp³-hybridized carbons (Fsp3) is 0.310. The van der Waals surface area contributed by atoms with Gasteiger partial charge in [-0.05, 0) is 55.3 Å². The van der Waals surface area contributed by atoms with Crippen LogP contribution in [0.4, 0.5) is 11.4 Å². The van der Waals surface area contributed by atoms with Gasteiger partial charge in [-0.2, -0.15) is 4.98 Å². The number of anilines is 1. The smallest absolute Gasteiger partial charge is 0.302 e. The predicted molar refractivity (Wildman–Crippen MR) is 143 cm³/mol. The zero-order valence-electron chi connectivity index (χ0n) is 21.0. The number of carbonyl (C=O) groups is 1. The van der Waals surface area contributed by atoms with E-state index in [1.54, 1.807) is 23.2 Å². The highest BCUT2D eigenvalue weighted by molar-refractivity contribution is 6.02. The third-order valence-corrected chi connectivity index (χ3v) is 7.40. The molecule has 1 saturated heterocycles. The Hall–Kier alpha value is -4.22. The van der Waals surface area contributed by atoms with Gasteiger partial charge in [0, 0.05) is 37.6 Å². The molecule has 0 unspecified atom stereocenters. The summed E-state index contributed by atoms with van der Waals surface area (Å²) >= 11 is 0. The van der Waals surface area contributed by atoms with Gasteiger partial charge in [0.05, 0.1) is 30.9 Å². The summed E-state index contributed by atoms with van der Waals surface area (Å²) in [5.74, 6) is 0.537. The lowest BCUT2D eigenvalue weighted by Crippen LogP contribution is -2.35. The summed E-state index contributed by atoms with van der Waals surface area (Å²) in [5, 5.41) is 0. The van der Waals surface area contributed by atoms with Crippen molar-refractivity contribution in [3.8, 4) is 28.4 Å². The summed E-state index contributed by atoms with van der Waals surface area (Å²) < 4.78 is 8.26. The van der Waals surface area contributed by atoms with Crippen LogP contribution in [-0.4, -0.2) is 59.0 Å². The van der Waals surface area contributed by atoms with Crippen LogP contribution in [0.15, 0.2) is 54.9 Å². The van der Waals surface area contributed by atoms with E-state index in [1.165, 1.54) is 6.42 Å². The Kier molecular flexibility index (Phi) is 5.85. The van der Waals surface area contributed by atoms with Crippen molar-refractivity contribution in [2.24, 2.45) is 5.92 Å². The molecule has 0 spiro atoms. The third kappa shape index (κ3) is 4.21. The largest absolute Gasteiger partial charge is 0.464 e. The fourth-order valence-electron chi connectivity index (χ4n) is 5.45. The van der Waals surface area contributed by atoms with E-state index < -0.39 is 0 Å². The molecule has 8 nitrogen and oxygen atoms in total. The summed E-state index contributed by atoms with van der Waals surface area (Å²) in [5.41, 5.74) is 6.67. The molecule has 2 aliphatic heterocycles. The normalized spacial score (nSPS) is 17.7. The van der Waals surface area contributed by atoms with Gasteiger partial charge in [-0.15, -0.1) is 0 Å². The second-order valence-corrected chi connectivity index (χ2v) is 9.95. The van der Waals surface area contributed by atoms with Crippen LogP contribution in [0.1, 0.15) is 18.4 Å². The van der Waals surface area contributed by atoms with Crippen LogP contribution < -0.4 is 9.64 Å². The molecule has 0 bridgehead atoms. The highest BCUT2D eigenvalue weighted by Crippen LogP contribution is 2.39. The number of rotatable bonds is 5. The maximum atomic E-state index is 12.3. The topological polar surface area (TPSA) is 67.3 Å². The van der Waals surface area contributed by atoms with Gasteiger partial charge in [-0.3, -0.25) is 9.20 Å². The number of benzene rings is 2. The highest BCUT2D eigenvalue weighted by atomic mass is 16.5. The minimum Gasteiger partial charge on any atom is -0.464 e. The van der Waals surface area contributed by atoms with Crippen molar-refractivity contribution in [2.45, 2.75) is 19.3 Å². The van der Waals surface area contributed by atoms with E-state index in [1.807, 2.05) is 41.9 Å². The lowest BCUT2D eigenvalue weighted by atomic mass is 9.97. The third-order valence-electron chi connectivity index (χ3n) is 7.40. The summed E-state index contributed by atoms with van der Waals surface area (Å²) in [6.45, 7) is 10.1. The van der Waals surface area contributed by atoms with Gasteiger partial charge in [0.25, 0.3) is 0 Å². The first-order valence-corrected chi connectivity index (χ1v) is 12.6. The summed E-state index contributed by atoms with van der Waals surface area (Å²) in [6.07, 6.45) is 6.33. The van der Waals surface area contributed by atoms with Gasteiger partial charge in [0.1, 0.15) is 0 Å². The minimum atomic E-state index is 0.0864. The van der Waals surface area contributed by atoms with Crippen molar-refractivity contribution >= 4 is 22.9 Å². The van der Waals surface area contributed by atoms with Gasteiger partial charge >= 0.3 is 6.01 Å². The molecule has 2 aliphatic rings. The molecule has 0 N–H and O–H groups in total. The van der Waals surface area contributed by atoms with E-state index in [-0.39, 0.29) is 5.91 Å². The van der Waals surface area contributed by atoms with Crippen LogP contribution in [0.5, 0.6) is 6.01 Å². The number of nitrogens with zero attached hydrogens (tertiary/aromatic N) is 6. The Bertz CT molecular complexity index is 1530. The van der Waals surface area contributed by atoms with Gasteiger partial charge in [-0.1, -0.05) is 30.3 Å². The monoisotopic (exact) mass is 492 g/mol. The molecule has 0 aliphatic carbocycles. The lowest BCUT2D eigenvalue weighted by molar-refractivity contribution is -0.117. The molecule has 4 heterocycles. The second kappa shape index (κ2) is 9.34. The molecule has 4 aromatic rings. The molecule has 2 aromatic carbocycles. The van der Waals surface area contributed by atoms with Crippen LogP contribution in [0.3, 0.4) is 0 Å². The number of fused-ring (bicyclic) bond motifs is 2. The molecular formula is C29H28N6O2. The van der Waals surface area contributed by atoms with E-state index >= 15 is 0 Å². The number of ether oxygens (including phenoxy) is 1. The average Bonchev–Trinajstić information content (AvgIpc) is 3.51. The number of likely N-dealkylation sites (tertiary alicyclic amines) is 1. The molecule has 8 heteroatoms. The van der Waals surface area contributed by atoms with Crippen LogP contribution in [-0.2, 0) is 11.2 Å². The predicted octanol–water partition coefficient (Wildman–Crippen LogP) is 4.85. The van der Waals surface area contributed by atoms with E-state index in [2.05, 4.69) is 22.9 Å². The lowest BCUT2D eigenvalue weighted by Gasteiger charge is -2.29. The van der Waals surface area contributed by atoms with Crippen LogP contribution >= 0.6 is 0 Å². The number of hydrogen-bond donors (Lipinski definition) is 0. The molecular weight excluding hydrogens is 464 g/mol. The van der Waals surface area contributed by atoms with Crippen LogP contribution in [0, 0.1) is 12.5 Å². The number of amides is 1. The van der Waals surface area contributed by atoms with Gasteiger partial charge < -0.3 is 14.5 Å². The van der Waals surface area contributed by atoms with Crippen molar-refractivity contribution < 1.29 is 9.53 Å². The quantitative estimate of drug-likeness (QED) is 0.373. The van der Waals surface area contributed by atoms with Crippen molar-refractivity contribution in [3.63, 3.8) is 0 Å². The summed E-state index contributed by atoms with van der Waals surface area (Å²) in [4.78, 5) is 29.7. The Morgan fingerprint density at radius 1 is 1.14 bits per heavy atom. The summed E-state index contributed by atoms with van der Waals surface area (Å²) in [7, 11) is 3.96. The summed E-state index contributed by atoms with van der Waals surface area (Å²) in [6, 6.07) is 14.0. The van der Waals surface area contributed by atoms with E-state index in [9.17, 15) is 4.79 Å². The molecule has 2 aromatic heterocycles. The zero-order valence-corrected chi connectivity index (χ0v) is 21.0. The van der Waals surface area contributed by atoms with Crippen molar-refractivity contribution in [1.82, 2.24) is 19.3 Å². The standard InChI is InChI=1S/C29H28N6O2/c1-30-23-9-6-20(7-10-23)27-26(21-8-11-24-22(15-21)16-25(36)34(24)3)28-31-12-14-35(28)29(32-27)37-18-19-5-4-13-33(2)17-19/h6-12,14-15,19H,4-5,13,16-18H2,2-3H3/t19-/m1/s1. The Morgan fingerprint density at radius 2 is 1.95 bits per heavy atom. The molecule has 37 heavy (non-hydrogen) atoms. The number of hydrogen-bond acceptors (Lipinski definition) is 5. The maximum Gasteiger partial charge on any atom is 0.302 e. The molecule has 0 saturated carbocycles. The molecule has 1 atom stereocenters. The molecule has 0 radical (unpaired) electrons. The SMILES string of the molecule is [C-]#[N+]c1ccc(-c2nc(OC[C@@H]3CCCN(C)C3)n3ccnc3c2-c2ccc3c(c2)CC(=O)N3C)cc1. The van der Waals surface area contributed by atoms with E-state index in [4.69, 9.17) is 21.3 Å². The Morgan fingerprint density at radius 3 is 2.73 bits per heavy atom.